The van der Waals surface area contributed by atoms with Gasteiger partial charge in [0.05, 0.1) is 12.6 Å². The summed E-state index contributed by atoms with van der Waals surface area (Å²) < 4.78 is 18.0. The molecule has 0 saturated heterocycles. The maximum atomic E-state index is 13.4. The summed E-state index contributed by atoms with van der Waals surface area (Å²) in [5.74, 6) is -0.929. The van der Waals surface area contributed by atoms with E-state index in [0.717, 1.165) is 0 Å². The number of carbonyl (C=O) groups is 1. The van der Waals surface area contributed by atoms with Crippen LogP contribution in [0.2, 0.25) is 0 Å². The number of esters is 1. The molecule has 0 aliphatic heterocycles. The van der Waals surface area contributed by atoms with E-state index < -0.39 is 18.2 Å². The van der Waals surface area contributed by atoms with E-state index in [4.69, 9.17) is 5.73 Å². The van der Waals surface area contributed by atoms with Crippen LogP contribution in [0.4, 0.5) is 4.39 Å². The van der Waals surface area contributed by atoms with Crippen molar-refractivity contribution in [1.82, 2.24) is 4.98 Å². The van der Waals surface area contributed by atoms with Crippen molar-refractivity contribution in [3.8, 4) is 0 Å². The van der Waals surface area contributed by atoms with Gasteiger partial charge in [-0.15, -0.1) is 12.4 Å². The molecule has 4 nitrogen and oxygen atoms in total. The van der Waals surface area contributed by atoms with Gasteiger partial charge in [0.2, 0.25) is 6.17 Å². The van der Waals surface area contributed by atoms with E-state index in [-0.39, 0.29) is 19.0 Å². The first-order chi connectivity index (χ1) is 7.16. The summed E-state index contributed by atoms with van der Waals surface area (Å²) in [5.41, 5.74) is 6.09. The van der Waals surface area contributed by atoms with Gasteiger partial charge >= 0.3 is 5.97 Å². The van der Waals surface area contributed by atoms with Crippen LogP contribution in [0, 0.1) is 0 Å². The van der Waals surface area contributed by atoms with E-state index in [1.165, 1.54) is 12.4 Å². The van der Waals surface area contributed by atoms with Crippen LogP contribution in [0.5, 0.6) is 0 Å². The molecule has 0 aliphatic rings. The molecule has 1 rings (SSSR count). The average Bonchev–Trinajstić information content (AvgIpc) is 2.28. The summed E-state index contributed by atoms with van der Waals surface area (Å²) in [4.78, 5) is 14.8. The molecule has 0 radical (unpaired) electrons. The Morgan fingerprint density at radius 1 is 1.56 bits per heavy atom. The molecule has 0 fully saturated rings. The molecule has 1 unspecified atom stereocenters. The molecule has 1 aromatic rings. The lowest BCUT2D eigenvalue weighted by atomic mass is 10.1. The van der Waals surface area contributed by atoms with Gasteiger partial charge in [-0.3, -0.25) is 4.98 Å². The van der Waals surface area contributed by atoms with E-state index in [9.17, 15) is 9.18 Å². The van der Waals surface area contributed by atoms with Crippen LogP contribution in [0.1, 0.15) is 18.5 Å². The van der Waals surface area contributed by atoms with Gasteiger partial charge in [-0.25, -0.2) is 9.18 Å². The topological polar surface area (TPSA) is 65.2 Å². The van der Waals surface area contributed by atoms with E-state index in [1.807, 2.05) is 0 Å². The van der Waals surface area contributed by atoms with Crippen molar-refractivity contribution >= 4 is 18.4 Å². The molecule has 0 aromatic carbocycles. The number of nitrogens with zero attached hydrogens (tertiary/aromatic N) is 1. The molecule has 1 heterocycles. The monoisotopic (exact) mass is 248 g/mol. The Morgan fingerprint density at radius 3 is 2.62 bits per heavy atom. The van der Waals surface area contributed by atoms with Crippen LogP contribution in [0.15, 0.2) is 24.5 Å². The highest BCUT2D eigenvalue weighted by Crippen LogP contribution is 2.16. The number of hydrogen-bond donors (Lipinski definition) is 1. The fourth-order valence-electron chi connectivity index (χ4n) is 1.12. The third kappa shape index (κ3) is 3.75. The molecule has 0 bridgehead atoms. The van der Waals surface area contributed by atoms with Gasteiger partial charge in [0.1, 0.15) is 0 Å². The number of rotatable bonds is 4. The summed E-state index contributed by atoms with van der Waals surface area (Å²) in [6, 6.07) is 2.12. The number of nitrogens with two attached hydrogens (primary N) is 1. The Labute approximate surface area is 99.4 Å². The third-order valence-corrected chi connectivity index (χ3v) is 1.92. The van der Waals surface area contributed by atoms with E-state index in [1.54, 1.807) is 19.1 Å². The number of aromatic nitrogens is 1. The van der Waals surface area contributed by atoms with Gasteiger partial charge in [0, 0.05) is 12.4 Å². The van der Waals surface area contributed by atoms with Crippen molar-refractivity contribution in [3.05, 3.63) is 30.1 Å². The quantitative estimate of drug-likeness (QED) is 0.818. The highest BCUT2D eigenvalue weighted by Gasteiger charge is 2.27. The van der Waals surface area contributed by atoms with Gasteiger partial charge in [-0.2, -0.15) is 0 Å². The van der Waals surface area contributed by atoms with Crippen molar-refractivity contribution in [2.45, 2.75) is 19.1 Å². The molecular formula is C10H14ClFN2O2. The summed E-state index contributed by atoms with van der Waals surface area (Å²) in [6.45, 7) is 1.75. The van der Waals surface area contributed by atoms with Crippen molar-refractivity contribution in [3.63, 3.8) is 0 Å². The fraction of sp³-hybridized carbons (Fsp3) is 0.400. The molecule has 16 heavy (non-hydrogen) atoms. The normalized spacial score (nSPS) is 13.4. The third-order valence-electron chi connectivity index (χ3n) is 1.92. The Morgan fingerprint density at radius 2 is 2.12 bits per heavy atom. The number of carbonyl (C=O) groups excluding carboxylic acids is 1. The lowest BCUT2D eigenvalue weighted by molar-refractivity contribution is -0.149. The molecular weight excluding hydrogens is 235 g/mol. The van der Waals surface area contributed by atoms with Crippen molar-refractivity contribution in [1.29, 1.82) is 0 Å². The second-order valence-corrected chi connectivity index (χ2v) is 2.96. The highest BCUT2D eigenvalue weighted by molar-refractivity contribution is 5.85. The Balaban J connectivity index is 0.00000225. The van der Waals surface area contributed by atoms with Gasteiger partial charge in [-0.05, 0) is 24.6 Å². The minimum Gasteiger partial charge on any atom is -0.464 e. The standard InChI is InChI=1S/C10H13FN2O2.ClH/c1-2-15-10(14)8(11)9(12)7-3-5-13-6-4-7;/h3-6,8-9H,2,12H2,1H3;1H/t8?,9-;/m0./s1. The summed E-state index contributed by atoms with van der Waals surface area (Å²) >= 11 is 0. The maximum Gasteiger partial charge on any atom is 0.342 e. The predicted molar refractivity (Wildman–Crippen MR) is 59.9 cm³/mol. The fourth-order valence-corrected chi connectivity index (χ4v) is 1.12. The smallest absolute Gasteiger partial charge is 0.342 e. The molecule has 0 saturated carbocycles. The Hall–Kier alpha value is -1.20. The number of hydrogen-bond acceptors (Lipinski definition) is 4. The largest absolute Gasteiger partial charge is 0.464 e. The average molecular weight is 249 g/mol. The summed E-state index contributed by atoms with van der Waals surface area (Å²) in [6.07, 6.45) is 1.15. The van der Waals surface area contributed by atoms with Gasteiger partial charge in [0.25, 0.3) is 0 Å². The van der Waals surface area contributed by atoms with E-state index in [2.05, 4.69) is 9.72 Å². The number of pyridine rings is 1. The molecule has 0 spiro atoms. The Bertz CT molecular complexity index is 324. The van der Waals surface area contributed by atoms with Crippen molar-refractivity contribution in [2.24, 2.45) is 5.73 Å². The lowest BCUT2D eigenvalue weighted by Crippen LogP contribution is -2.31. The summed E-state index contributed by atoms with van der Waals surface area (Å²) in [7, 11) is 0. The molecule has 0 aliphatic carbocycles. The van der Waals surface area contributed by atoms with Crippen LogP contribution in [0.3, 0.4) is 0 Å². The maximum absolute atomic E-state index is 13.4. The van der Waals surface area contributed by atoms with E-state index in [0.29, 0.717) is 5.56 Å². The number of ether oxygens (including phenoxy) is 1. The van der Waals surface area contributed by atoms with E-state index >= 15 is 0 Å². The van der Waals surface area contributed by atoms with Crippen LogP contribution in [0.25, 0.3) is 0 Å². The lowest BCUT2D eigenvalue weighted by Gasteiger charge is -2.15. The number of halogens is 2. The minimum absolute atomic E-state index is 0. The van der Waals surface area contributed by atoms with Crippen LogP contribution in [-0.2, 0) is 9.53 Å². The molecule has 1 aromatic heterocycles. The second-order valence-electron chi connectivity index (χ2n) is 2.96. The first-order valence-corrected chi connectivity index (χ1v) is 4.63. The van der Waals surface area contributed by atoms with Gasteiger partial charge < -0.3 is 10.5 Å². The van der Waals surface area contributed by atoms with Crippen molar-refractivity contribution in [2.75, 3.05) is 6.61 Å². The molecule has 2 N–H and O–H groups in total. The zero-order valence-corrected chi connectivity index (χ0v) is 9.61. The first kappa shape index (κ1) is 14.8. The number of alkyl halides is 1. The predicted octanol–water partition coefficient (Wildman–Crippen LogP) is 1.40. The van der Waals surface area contributed by atoms with Crippen LogP contribution >= 0.6 is 12.4 Å². The van der Waals surface area contributed by atoms with Crippen LogP contribution < -0.4 is 5.73 Å². The Kier molecular flexibility index (Phi) is 6.60. The van der Waals surface area contributed by atoms with Crippen LogP contribution in [-0.4, -0.2) is 23.7 Å². The van der Waals surface area contributed by atoms with Gasteiger partial charge in [0.15, 0.2) is 0 Å². The SMILES string of the molecule is CCOC(=O)C(F)[C@@H](N)c1ccncc1.Cl. The molecule has 6 heteroatoms. The first-order valence-electron chi connectivity index (χ1n) is 4.63. The van der Waals surface area contributed by atoms with Crippen molar-refractivity contribution < 1.29 is 13.9 Å². The van der Waals surface area contributed by atoms with Gasteiger partial charge in [-0.1, -0.05) is 0 Å². The zero-order valence-electron chi connectivity index (χ0n) is 8.80. The molecule has 2 atom stereocenters. The minimum atomic E-state index is -1.84. The second kappa shape index (κ2) is 7.14. The highest BCUT2D eigenvalue weighted by atomic mass is 35.5. The zero-order chi connectivity index (χ0) is 11.3. The summed E-state index contributed by atoms with van der Waals surface area (Å²) in [5, 5.41) is 0. The molecule has 0 amide bonds. The molecule has 90 valence electrons.